The van der Waals surface area contributed by atoms with Crippen molar-refractivity contribution in [3.05, 3.63) is 0 Å². The summed E-state index contributed by atoms with van der Waals surface area (Å²) in [6.07, 6.45) is 4.78. The second-order valence-corrected chi connectivity index (χ2v) is 4.64. The zero-order valence-electron chi connectivity index (χ0n) is 9.57. The number of ether oxygens (including phenoxy) is 1. The number of methoxy groups -OCH3 is 1. The third-order valence-electron chi connectivity index (χ3n) is 3.58. The molecule has 0 aromatic rings. The molecule has 0 aromatic heterocycles. The van der Waals surface area contributed by atoms with Crippen molar-refractivity contribution in [3.8, 4) is 0 Å². The zero-order chi connectivity index (χ0) is 11.5. The SMILES string of the molecule is COC(=O)C[C@@H]1[NH2+][C@H]2CCCC[C@@H]2NC1=O. The molecule has 1 saturated carbocycles. The topological polar surface area (TPSA) is 72.0 Å². The summed E-state index contributed by atoms with van der Waals surface area (Å²) in [7, 11) is 1.35. The van der Waals surface area contributed by atoms with Gasteiger partial charge in [0.25, 0.3) is 5.91 Å². The molecular weight excluding hydrogens is 208 g/mol. The van der Waals surface area contributed by atoms with E-state index in [4.69, 9.17) is 0 Å². The van der Waals surface area contributed by atoms with Gasteiger partial charge in [0, 0.05) is 6.42 Å². The van der Waals surface area contributed by atoms with Crippen LogP contribution in [0.1, 0.15) is 32.1 Å². The van der Waals surface area contributed by atoms with Crippen LogP contribution in [0.15, 0.2) is 0 Å². The Balaban J connectivity index is 1.95. The summed E-state index contributed by atoms with van der Waals surface area (Å²) in [5.74, 6) is -0.334. The van der Waals surface area contributed by atoms with Crippen molar-refractivity contribution in [2.45, 2.75) is 50.2 Å². The largest absolute Gasteiger partial charge is 0.469 e. The fourth-order valence-corrected chi connectivity index (χ4v) is 2.67. The van der Waals surface area contributed by atoms with Crippen LogP contribution in [-0.2, 0) is 14.3 Å². The van der Waals surface area contributed by atoms with Crippen molar-refractivity contribution in [1.29, 1.82) is 0 Å². The molecule has 2 aliphatic rings. The van der Waals surface area contributed by atoms with Gasteiger partial charge in [0.05, 0.1) is 13.2 Å². The van der Waals surface area contributed by atoms with Gasteiger partial charge in [0.1, 0.15) is 12.5 Å². The van der Waals surface area contributed by atoms with Crippen LogP contribution >= 0.6 is 0 Å². The first kappa shape index (κ1) is 11.4. The molecule has 90 valence electrons. The maximum absolute atomic E-state index is 11.8. The summed E-state index contributed by atoms with van der Waals surface area (Å²) in [6.45, 7) is 0. The van der Waals surface area contributed by atoms with Crippen LogP contribution in [0, 0.1) is 0 Å². The van der Waals surface area contributed by atoms with E-state index in [-0.39, 0.29) is 24.3 Å². The van der Waals surface area contributed by atoms with Gasteiger partial charge in [-0.3, -0.25) is 9.59 Å². The summed E-state index contributed by atoms with van der Waals surface area (Å²) in [6, 6.07) is 0.447. The van der Waals surface area contributed by atoms with Crippen molar-refractivity contribution in [2.75, 3.05) is 7.11 Å². The number of nitrogens with two attached hydrogens (primary N) is 1. The molecule has 1 saturated heterocycles. The minimum atomic E-state index is -0.314. The van der Waals surface area contributed by atoms with E-state index in [2.05, 4.69) is 15.4 Å². The van der Waals surface area contributed by atoms with Crippen LogP contribution in [0.4, 0.5) is 0 Å². The number of fused-ring (bicyclic) bond motifs is 1. The van der Waals surface area contributed by atoms with E-state index in [1.54, 1.807) is 0 Å². The minimum Gasteiger partial charge on any atom is -0.469 e. The third-order valence-corrected chi connectivity index (χ3v) is 3.58. The predicted octanol–water partition coefficient (Wildman–Crippen LogP) is -1.08. The van der Waals surface area contributed by atoms with E-state index < -0.39 is 0 Å². The lowest BCUT2D eigenvalue weighted by molar-refractivity contribution is -0.718. The van der Waals surface area contributed by atoms with Crippen molar-refractivity contribution < 1.29 is 19.6 Å². The molecule has 1 aliphatic heterocycles. The molecule has 2 rings (SSSR count). The molecular formula is C11H19N2O3+. The van der Waals surface area contributed by atoms with Crippen LogP contribution in [0.3, 0.4) is 0 Å². The van der Waals surface area contributed by atoms with Gasteiger partial charge in [0.2, 0.25) is 0 Å². The maximum atomic E-state index is 11.8. The van der Waals surface area contributed by atoms with Gasteiger partial charge in [-0.2, -0.15) is 0 Å². The molecule has 1 heterocycles. The summed E-state index contributed by atoms with van der Waals surface area (Å²) in [4.78, 5) is 22.9. The Hall–Kier alpha value is -1.10. The summed E-state index contributed by atoms with van der Waals surface area (Å²) in [5, 5.41) is 5.08. The van der Waals surface area contributed by atoms with Gasteiger partial charge in [-0.05, 0) is 12.8 Å². The quantitative estimate of drug-likeness (QED) is 0.590. The molecule has 2 fully saturated rings. The number of amides is 1. The fourth-order valence-electron chi connectivity index (χ4n) is 2.67. The molecule has 0 bridgehead atoms. The number of esters is 1. The Labute approximate surface area is 94.9 Å². The Bertz CT molecular complexity index is 293. The lowest BCUT2D eigenvalue weighted by Gasteiger charge is -2.37. The van der Waals surface area contributed by atoms with E-state index in [0.29, 0.717) is 12.1 Å². The molecule has 1 aliphatic carbocycles. The van der Waals surface area contributed by atoms with Crippen molar-refractivity contribution >= 4 is 11.9 Å². The average molecular weight is 227 g/mol. The fraction of sp³-hybridized carbons (Fsp3) is 0.818. The van der Waals surface area contributed by atoms with Crippen LogP contribution in [-0.4, -0.2) is 37.1 Å². The molecule has 0 unspecified atom stereocenters. The lowest BCUT2D eigenvalue weighted by atomic mass is 9.87. The van der Waals surface area contributed by atoms with E-state index in [1.165, 1.54) is 20.0 Å². The van der Waals surface area contributed by atoms with Crippen LogP contribution in [0.5, 0.6) is 0 Å². The second kappa shape index (κ2) is 4.82. The van der Waals surface area contributed by atoms with Crippen molar-refractivity contribution in [1.82, 2.24) is 5.32 Å². The number of rotatable bonds is 2. The monoisotopic (exact) mass is 227 g/mol. The predicted molar refractivity (Wildman–Crippen MR) is 56.5 cm³/mol. The molecule has 0 aromatic carbocycles. The van der Waals surface area contributed by atoms with Crippen LogP contribution in [0.25, 0.3) is 0 Å². The molecule has 3 atom stereocenters. The molecule has 3 N–H and O–H groups in total. The van der Waals surface area contributed by atoms with Crippen molar-refractivity contribution in [3.63, 3.8) is 0 Å². The number of quaternary nitrogens is 1. The standard InChI is InChI=1S/C11H18N2O3/c1-16-10(14)6-9-11(15)13-8-5-3-2-4-7(8)12-9/h7-9,12H,2-6H2,1H3,(H,13,15)/p+1/t7-,8-,9-/m0/s1. The number of piperazine rings is 1. The molecule has 1 amide bonds. The normalized spacial score (nSPS) is 33.8. The van der Waals surface area contributed by atoms with Crippen LogP contribution < -0.4 is 10.6 Å². The maximum Gasteiger partial charge on any atom is 0.312 e. The average Bonchev–Trinajstić information content (AvgIpc) is 2.30. The Morgan fingerprint density at radius 2 is 2.25 bits per heavy atom. The van der Waals surface area contributed by atoms with E-state index in [9.17, 15) is 9.59 Å². The Morgan fingerprint density at radius 3 is 3.00 bits per heavy atom. The number of hydrogen-bond donors (Lipinski definition) is 2. The van der Waals surface area contributed by atoms with E-state index >= 15 is 0 Å². The number of carbonyl (C=O) groups is 2. The van der Waals surface area contributed by atoms with E-state index in [1.807, 2.05) is 0 Å². The van der Waals surface area contributed by atoms with Gasteiger partial charge < -0.3 is 15.4 Å². The van der Waals surface area contributed by atoms with Crippen molar-refractivity contribution in [2.24, 2.45) is 0 Å². The molecule has 5 nitrogen and oxygen atoms in total. The van der Waals surface area contributed by atoms with Crippen LogP contribution in [0.2, 0.25) is 0 Å². The van der Waals surface area contributed by atoms with Gasteiger partial charge in [-0.1, -0.05) is 6.42 Å². The van der Waals surface area contributed by atoms with Gasteiger partial charge >= 0.3 is 5.97 Å². The lowest BCUT2D eigenvalue weighted by Crippen LogP contribution is -3.03. The molecule has 5 heteroatoms. The highest BCUT2D eigenvalue weighted by molar-refractivity contribution is 5.85. The third kappa shape index (κ3) is 2.35. The highest BCUT2D eigenvalue weighted by Crippen LogP contribution is 2.18. The first-order valence-electron chi connectivity index (χ1n) is 5.93. The van der Waals surface area contributed by atoms with E-state index in [0.717, 1.165) is 12.8 Å². The minimum absolute atomic E-state index is 0.0199. The van der Waals surface area contributed by atoms with Gasteiger partial charge in [-0.15, -0.1) is 0 Å². The summed E-state index contributed by atoms with van der Waals surface area (Å²) < 4.78 is 4.60. The zero-order valence-corrected chi connectivity index (χ0v) is 9.57. The van der Waals surface area contributed by atoms with Gasteiger partial charge in [0.15, 0.2) is 6.04 Å². The highest BCUT2D eigenvalue weighted by Gasteiger charge is 2.40. The molecule has 0 spiro atoms. The first-order valence-corrected chi connectivity index (χ1v) is 5.93. The Kier molecular flexibility index (Phi) is 3.43. The van der Waals surface area contributed by atoms with Gasteiger partial charge in [-0.25, -0.2) is 0 Å². The number of nitrogens with one attached hydrogen (secondary N) is 1. The second-order valence-electron chi connectivity index (χ2n) is 4.64. The smallest absolute Gasteiger partial charge is 0.312 e. The molecule has 0 radical (unpaired) electrons. The highest BCUT2D eigenvalue weighted by atomic mass is 16.5. The number of carbonyl (C=O) groups excluding carboxylic acids is 2. The number of hydrogen-bond acceptors (Lipinski definition) is 3. The Morgan fingerprint density at radius 1 is 1.50 bits per heavy atom. The summed E-state index contributed by atoms with van der Waals surface area (Å²) in [5.41, 5.74) is 0. The first-order chi connectivity index (χ1) is 7.70. The summed E-state index contributed by atoms with van der Waals surface area (Å²) >= 11 is 0. The molecule has 16 heavy (non-hydrogen) atoms.